The van der Waals surface area contributed by atoms with Crippen molar-refractivity contribution in [3.8, 4) is 5.75 Å². The summed E-state index contributed by atoms with van der Waals surface area (Å²) in [6.07, 6.45) is 2.30. The molecule has 11 nitrogen and oxygen atoms in total. The molecule has 4 atom stereocenters. The number of aliphatic hydroxyl groups is 1. The molecule has 4 aromatic rings. The molecule has 2 fully saturated rings. The van der Waals surface area contributed by atoms with E-state index < -0.39 is 5.60 Å². The lowest BCUT2D eigenvalue weighted by molar-refractivity contribution is -0.146. The van der Waals surface area contributed by atoms with Crippen LogP contribution in [0.25, 0.3) is 0 Å². The zero-order valence-corrected chi connectivity index (χ0v) is 28.4. The number of cyclic esters (lactones) is 1. The van der Waals surface area contributed by atoms with Crippen molar-refractivity contribution in [1.29, 1.82) is 0 Å². The van der Waals surface area contributed by atoms with Crippen LogP contribution in [-0.4, -0.2) is 65.1 Å². The Balaban J connectivity index is 1.23. The van der Waals surface area contributed by atoms with E-state index in [0.29, 0.717) is 39.1 Å². The third-order valence-corrected chi connectivity index (χ3v) is 10.7. The van der Waals surface area contributed by atoms with Crippen LogP contribution in [0.5, 0.6) is 5.75 Å². The smallest absolute Gasteiger partial charge is 0.414 e. The fourth-order valence-corrected chi connectivity index (χ4v) is 8.22. The van der Waals surface area contributed by atoms with Gasteiger partial charge < -0.3 is 24.2 Å². The average Bonchev–Trinajstić information content (AvgIpc) is 3.87. The van der Waals surface area contributed by atoms with Crippen LogP contribution in [-0.2, 0) is 44.8 Å². The first-order valence-electron chi connectivity index (χ1n) is 16.9. The maximum absolute atomic E-state index is 15.0. The molecule has 3 aromatic carbocycles. The molecule has 2 amide bonds. The molecule has 0 saturated carbocycles. The van der Waals surface area contributed by atoms with Crippen molar-refractivity contribution in [2.45, 2.75) is 63.8 Å². The molecule has 1 aromatic heterocycles. The predicted molar refractivity (Wildman–Crippen MR) is 183 cm³/mol. The lowest BCUT2D eigenvalue weighted by Crippen LogP contribution is -2.45. The van der Waals surface area contributed by atoms with Gasteiger partial charge in [0.15, 0.2) is 5.60 Å². The molecule has 4 heterocycles. The number of fused-ring (bicyclic) bond motifs is 2. The van der Waals surface area contributed by atoms with Crippen LogP contribution in [0.2, 0.25) is 0 Å². The molecule has 7 rings (SSSR count). The number of hydrogen-bond acceptors (Lipinski definition) is 8. The van der Waals surface area contributed by atoms with Crippen LogP contribution in [0.3, 0.4) is 0 Å². The van der Waals surface area contributed by atoms with Gasteiger partial charge in [-0.25, -0.2) is 4.79 Å². The largest absolute Gasteiger partial charge is 0.497 e. The summed E-state index contributed by atoms with van der Waals surface area (Å²) in [5.41, 5.74) is 3.76. The summed E-state index contributed by atoms with van der Waals surface area (Å²) in [4.78, 5) is 30.5. The number of hydrogen-bond donors (Lipinski definition) is 1. The number of rotatable bonds is 11. The van der Waals surface area contributed by atoms with Crippen LogP contribution < -0.4 is 14.5 Å². The molecule has 0 bridgehead atoms. The van der Waals surface area contributed by atoms with E-state index in [2.05, 4.69) is 43.2 Å². The lowest BCUT2D eigenvalue weighted by Gasteiger charge is -2.38. The van der Waals surface area contributed by atoms with Gasteiger partial charge in [0, 0.05) is 48.9 Å². The van der Waals surface area contributed by atoms with Crippen LogP contribution >= 0.6 is 0 Å². The van der Waals surface area contributed by atoms with Gasteiger partial charge in [0.25, 0.3) is 5.91 Å². The maximum Gasteiger partial charge on any atom is 0.414 e. The molecular weight excluding hydrogens is 622 g/mol. The fourth-order valence-electron chi connectivity index (χ4n) is 8.22. The minimum atomic E-state index is -1.18. The molecule has 49 heavy (non-hydrogen) atoms. The molecule has 1 spiro atoms. The number of aliphatic hydroxyl groups excluding tert-OH is 1. The second-order valence-corrected chi connectivity index (χ2v) is 13.7. The molecule has 3 aliphatic rings. The fraction of sp³-hybridized carbons (Fsp3) is 0.421. The number of para-hydroxylation sites is 1. The number of ether oxygens (including phenoxy) is 3. The third kappa shape index (κ3) is 5.64. The van der Waals surface area contributed by atoms with E-state index in [1.165, 1.54) is 0 Å². The second kappa shape index (κ2) is 12.9. The highest BCUT2D eigenvalue weighted by Gasteiger charge is 2.65. The van der Waals surface area contributed by atoms with Gasteiger partial charge in [-0.2, -0.15) is 0 Å². The average molecular weight is 666 g/mol. The Morgan fingerprint density at radius 1 is 1.04 bits per heavy atom. The Bertz CT molecular complexity index is 1820. The normalized spacial score (nSPS) is 23.4. The van der Waals surface area contributed by atoms with E-state index >= 15 is 0 Å². The number of carbonyl (C=O) groups excluding carboxylic acids is 2. The van der Waals surface area contributed by atoms with Crippen LogP contribution in [0.4, 0.5) is 16.2 Å². The zero-order chi connectivity index (χ0) is 34.3. The maximum atomic E-state index is 15.0. The van der Waals surface area contributed by atoms with Crippen molar-refractivity contribution < 1.29 is 28.9 Å². The number of aryl methyl sites for hydroxylation is 1. The number of amides is 2. The van der Waals surface area contributed by atoms with E-state index in [-0.39, 0.29) is 42.0 Å². The molecule has 0 aliphatic carbocycles. The summed E-state index contributed by atoms with van der Waals surface area (Å²) in [5.74, 6) is 0.491. The highest BCUT2D eigenvalue weighted by molar-refractivity contribution is 6.07. The van der Waals surface area contributed by atoms with Gasteiger partial charge in [0.2, 0.25) is 0 Å². The Labute approximate surface area is 286 Å². The van der Waals surface area contributed by atoms with Crippen LogP contribution in [0.15, 0.2) is 79.0 Å². The number of carbonyl (C=O) groups is 2. The Morgan fingerprint density at radius 2 is 1.80 bits per heavy atom. The number of aromatic nitrogens is 3. The topological polar surface area (TPSA) is 119 Å². The van der Waals surface area contributed by atoms with Gasteiger partial charge in [-0.3, -0.25) is 14.4 Å². The van der Waals surface area contributed by atoms with Gasteiger partial charge in [0.1, 0.15) is 12.4 Å². The first-order chi connectivity index (χ1) is 23.7. The minimum absolute atomic E-state index is 0.0117. The standard InChI is InChI=1S/C38H43N5O6/c1-25-34(37(2,3)27-11-15-30(47-4)16-12-27)33(17-19-41-24-28(18-21-44)39-40-41)49-38(25)31-7-5-6-8-32(31)43(35(38)45)23-26-9-13-29(14-10-26)42-20-22-48-36(42)46/h5-16,24-25,33-34,44H,17-23H2,1-4H3/t25-,33+,34-,38+/m0/s1. The van der Waals surface area contributed by atoms with Crippen molar-refractivity contribution in [2.24, 2.45) is 11.8 Å². The SMILES string of the molecule is COc1ccc(C(C)(C)[C@@H]2[C@@H](CCn3cc(CCO)nn3)O[C@]3(C(=O)N(Cc4ccc(N5CCOC5=O)cc4)c4ccccc43)[C@H]2C)cc1. The quantitative estimate of drug-likeness (QED) is 0.231. The van der Waals surface area contributed by atoms with E-state index in [1.54, 1.807) is 16.7 Å². The molecular formula is C38H43N5O6. The molecule has 3 aliphatic heterocycles. The Hall–Kier alpha value is -4.74. The summed E-state index contributed by atoms with van der Waals surface area (Å²) in [6, 6.07) is 23.9. The van der Waals surface area contributed by atoms with E-state index in [4.69, 9.17) is 14.2 Å². The molecule has 256 valence electrons. The van der Waals surface area contributed by atoms with E-state index in [9.17, 15) is 14.7 Å². The number of benzene rings is 3. The number of methoxy groups -OCH3 is 1. The zero-order valence-electron chi connectivity index (χ0n) is 28.4. The third-order valence-electron chi connectivity index (χ3n) is 10.7. The number of anilines is 2. The number of nitrogens with zero attached hydrogens (tertiary/aromatic N) is 5. The molecule has 0 unspecified atom stereocenters. The second-order valence-electron chi connectivity index (χ2n) is 13.7. The van der Waals surface area contributed by atoms with Crippen molar-refractivity contribution >= 4 is 23.4 Å². The van der Waals surface area contributed by atoms with Crippen LogP contribution in [0, 0.1) is 11.8 Å². The van der Waals surface area contributed by atoms with Crippen LogP contribution in [0.1, 0.15) is 49.6 Å². The van der Waals surface area contributed by atoms with Crippen molar-refractivity contribution in [3.63, 3.8) is 0 Å². The minimum Gasteiger partial charge on any atom is -0.497 e. The van der Waals surface area contributed by atoms with Crippen molar-refractivity contribution in [3.05, 3.63) is 101 Å². The summed E-state index contributed by atoms with van der Waals surface area (Å²) < 4.78 is 19.5. The molecule has 1 N–H and O–H groups in total. The Kier molecular flexibility index (Phi) is 8.66. The molecule has 0 radical (unpaired) electrons. The Morgan fingerprint density at radius 3 is 2.49 bits per heavy atom. The highest BCUT2D eigenvalue weighted by atomic mass is 16.6. The van der Waals surface area contributed by atoms with Crippen molar-refractivity contribution in [1.82, 2.24) is 15.0 Å². The van der Waals surface area contributed by atoms with Gasteiger partial charge in [-0.15, -0.1) is 5.10 Å². The summed E-state index contributed by atoms with van der Waals surface area (Å²) >= 11 is 0. The van der Waals surface area contributed by atoms with E-state index in [0.717, 1.165) is 39.5 Å². The van der Waals surface area contributed by atoms with Crippen molar-refractivity contribution in [2.75, 3.05) is 36.7 Å². The van der Waals surface area contributed by atoms with Gasteiger partial charge in [-0.05, 0) is 53.3 Å². The highest BCUT2D eigenvalue weighted by Crippen LogP contribution is 2.59. The predicted octanol–water partition coefficient (Wildman–Crippen LogP) is 5.24. The molecule has 2 saturated heterocycles. The summed E-state index contributed by atoms with van der Waals surface area (Å²) in [5, 5.41) is 17.9. The van der Waals surface area contributed by atoms with Gasteiger partial charge >= 0.3 is 6.09 Å². The van der Waals surface area contributed by atoms with E-state index in [1.807, 2.05) is 71.8 Å². The first-order valence-corrected chi connectivity index (χ1v) is 16.9. The van der Waals surface area contributed by atoms with Gasteiger partial charge in [-0.1, -0.05) is 68.4 Å². The monoisotopic (exact) mass is 665 g/mol. The molecule has 11 heteroatoms. The lowest BCUT2D eigenvalue weighted by atomic mass is 9.63. The summed E-state index contributed by atoms with van der Waals surface area (Å²) in [6.45, 7) is 8.46. The summed E-state index contributed by atoms with van der Waals surface area (Å²) in [7, 11) is 1.66. The first kappa shape index (κ1) is 32.8. The van der Waals surface area contributed by atoms with Gasteiger partial charge in [0.05, 0.1) is 37.7 Å².